The van der Waals surface area contributed by atoms with Crippen LogP contribution in [-0.4, -0.2) is 23.0 Å². The second kappa shape index (κ2) is 6.53. The Morgan fingerprint density at radius 2 is 1.80 bits per heavy atom. The van der Waals surface area contributed by atoms with E-state index in [4.69, 9.17) is 0 Å². The average molecular weight is 267 g/mol. The molecule has 1 aromatic carbocycles. The zero-order chi connectivity index (χ0) is 13.6. The molecule has 20 heavy (non-hydrogen) atoms. The van der Waals surface area contributed by atoms with Crippen LogP contribution >= 0.6 is 0 Å². The average Bonchev–Trinajstić information content (AvgIpc) is 3.00. The van der Waals surface area contributed by atoms with Crippen LogP contribution in [0.5, 0.6) is 0 Å². The maximum absolute atomic E-state index is 4.04. The van der Waals surface area contributed by atoms with E-state index in [1.807, 2.05) is 24.5 Å². The van der Waals surface area contributed by atoms with Crippen molar-refractivity contribution in [3.63, 3.8) is 0 Å². The molecule has 0 radical (unpaired) electrons. The highest BCUT2D eigenvalue weighted by atomic mass is 15.1. The first-order valence-corrected chi connectivity index (χ1v) is 7.34. The molecule has 3 heteroatoms. The maximum Gasteiger partial charge on any atom is 0.0401 e. The topological polar surface area (TPSA) is 28.2 Å². The van der Waals surface area contributed by atoms with E-state index in [0.29, 0.717) is 0 Å². The minimum absolute atomic E-state index is 0.843. The van der Waals surface area contributed by atoms with Crippen molar-refractivity contribution in [2.45, 2.75) is 25.9 Å². The zero-order valence-electron chi connectivity index (χ0n) is 11.8. The number of nitrogens with zero attached hydrogens (tertiary/aromatic N) is 2. The number of pyridine rings is 1. The lowest BCUT2D eigenvalue weighted by Crippen LogP contribution is -2.18. The van der Waals surface area contributed by atoms with Gasteiger partial charge in [-0.05, 0) is 61.3 Å². The van der Waals surface area contributed by atoms with Crippen LogP contribution < -0.4 is 5.32 Å². The molecule has 0 spiro atoms. The Morgan fingerprint density at radius 1 is 1.00 bits per heavy atom. The molecule has 104 valence electrons. The summed E-state index contributed by atoms with van der Waals surface area (Å²) >= 11 is 0. The molecule has 0 bridgehead atoms. The lowest BCUT2D eigenvalue weighted by Gasteiger charge is -2.15. The smallest absolute Gasteiger partial charge is 0.0401 e. The SMILES string of the molecule is c1cc(CN2CCCC2)cc(NCc2ccncc2)c1. The number of anilines is 1. The Bertz CT molecular complexity index is 533. The summed E-state index contributed by atoms with van der Waals surface area (Å²) in [5, 5.41) is 3.48. The van der Waals surface area contributed by atoms with Crippen molar-refractivity contribution >= 4 is 5.69 Å². The molecule has 1 aromatic heterocycles. The Labute approximate surface area is 120 Å². The molecule has 2 heterocycles. The van der Waals surface area contributed by atoms with E-state index in [2.05, 4.69) is 39.5 Å². The van der Waals surface area contributed by atoms with Gasteiger partial charge in [-0.25, -0.2) is 0 Å². The lowest BCUT2D eigenvalue weighted by atomic mass is 10.2. The van der Waals surface area contributed by atoms with Crippen molar-refractivity contribution in [1.29, 1.82) is 0 Å². The van der Waals surface area contributed by atoms with Gasteiger partial charge in [0.05, 0.1) is 0 Å². The third kappa shape index (κ3) is 3.58. The monoisotopic (exact) mass is 267 g/mol. The van der Waals surface area contributed by atoms with E-state index in [1.165, 1.54) is 42.7 Å². The first kappa shape index (κ1) is 13.1. The van der Waals surface area contributed by atoms with Crippen LogP contribution in [0.4, 0.5) is 5.69 Å². The lowest BCUT2D eigenvalue weighted by molar-refractivity contribution is 0.331. The van der Waals surface area contributed by atoms with E-state index in [0.717, 1.165) is 13.1 Å². The summed E-state index contributed by atoms with van der Waals surface area (Å²) in [6.07, 6.45) is 6.36. The van der Waals surface area contributed by atoms with Crippen molar-refractivity contribution in [3.05, 3.63) is 59.9 Å². The highest BCUT2D eigenvalue weighted by Crippen LogP contribution is 2.16. The molecular weight excluding hydrogens is 246 g/mol. The molecule has 0 unspecified atom stereocenters. The summed E-state index contributed by atoms with van der Waals surface area (Å²) < 4.78 is 0. The normalized spacial score (nSPS) is 15.4. The minimum atomic E-state index is 0.843. The van der Waals surface area contributed by atoms with Gasteiger partial charge in [0.25, 0.3) is 0 Å². The molecule has 3 rings (SSSR count). The molecule has 2 aromatic rings. The van der Waals surface area contributed by atoms with Crippen molar-refractivity contribution in [2.24, 2.45) is 0 Å². The summed E-state index contributed by atoms with van der Waals surface area (Å²) in [5.74, 6) is 0. The molecule has 1 aliphatic heterocycles. The van der Waals surface area contributed by atoms with E-state index >= 15 is 0 Å². The third-order valence-electron chi connectivity index (χ3n) is 3.78. The number of likely N-dealkylation sites (tertiary alicyclic amines) is 1. The maximum atomic E-state index is 4.04. The first-order valence-electron chi connectivity index (χ1n) is 7.34. The summed E-state index contributed by atoms with van der Waals surface area (Å²) in [4.78, 5) is 6.57. The van der Waals surface area contributed by atoms with Gasteiger partial charge in [-0.15, -0.1) is 0 Å². The molecule has 1 N–H and O–H groups in total. The molecular formula is C17H21N3. The fraction of sp³-hybridized carbons (Fsp3) is 0.353. The molecule has 1 fully saturated rings. The number of hydrogen-bond donors (Lipinski definition) is 1. The predicted octanol–water partition coefficient (Wildman–Crippen LogP) is 3.29. The van der Waals surface area contributed by atoms with Gasteiger partial charge in [-0.3, -0.25) is 9.88 Å². The standard InChI is InChI=1S/C17H21N3/c1-2-11-20(10-1)14-16-4-3-5-17(12-16)19-13-15-6-8-18-9-7-15/h3-9,12,19H,1-2,10-11,13-14H2. The van der Waals surface area contributed by atoms with Crippen molar-refractivity contribution in [1.82, 2.24) is 9.88 Å². The van der Waals surface area contributed by atoms with Crippen molar-refractivity contribution < 1.29 is 0 Å². The van der Waals surface area contributed by atoms with Gasteiger partial charge in [0.1, 0.15) is 0 Å². The van der Waals surface area contributed by atoms with Crippen LogP contribution in [0.1, 0.15) is 24.0 Å². The van der Waals surface area contributed by atoms with Crippen LogP contribution in [0.3, 0.4) is 0 Å². The fourth-order valence-corrected chi connectivity index (χ4v) is 2.68. The molecule has 0 aliphatic carbocycles. The van der Waals surface area contributed by atoms with Gasteiger partial charge >= 0.3 is 0 Å². The Hall–Kier alpha value is -1.87. The quantitative estimate of drug-likeness (QED) is 0.901. The summed E-state index contributed by atoms with van der Waals surface area (Å²) in [6, 6.07) is 12.8. The van der Waals surface area contributed by atoms with Crippen LogP contribution in [0.2, 0.25) is 0 Å². The van der Waals surface area contributed by atoms with Gasteiger partial charge < -0.3 is 5.32 Å². The second-order valence-corrected chi connectivity index (χ2v) is 5.39. The molecule has 3 nitrogen and oxygen atoms in total. The first-order chi connectivity index (χ1) is 9.90. The minimum Gasteiger partial charge on any atom is -0.381 e. The third-order valence-corrected chi connectivity index (χ3v) is 3.78. The molecule has 1 saturated heterocycles. The zero-order valence-corrected chi connectivity index (χ0v) is 11.8. The summed E-state index contributed by atoms with van der Waals surface area (Å²) in [5.41, 5.74) is 3.84. The number of hydrogen-bond acceptors (Lipinski definition) is 3. The molecule has 0 atom stereocenters. The predicted molar refractivity (Wildman–Crippen MR) is 82.5 cm³/mol. The van der Waals surface area contributed by atoms with Gasteiger partial charge in [-0.2, -0.15) is 0 Å². The van der Waals surface area contributed by atoms with Crippen LogP contribution in [0.15, 0.2) is 48.8 Å². The van der Waals surface area contributed by atoms with E-state index in [-0.39, 0.29) is 0 Å². The van der Waals surface area contributed by atoms with Crippen molar-refractivity contribution in [2.75, 3.05) is 18.4 Å². The van der Waals surface area contributed by atoms with Gasteiger partial charge in [0.15, 0.2) is 0 Å². The number of rotatable bonds is 5. The number of nitrogens with one attached hydrogen (secondary N) is 1. The largest absolute Gasteiger partial charge is 0.381 e. The Balaban J connectivity index is 1.59. The highest BCUT2D eigenvalue weighted by Gasteiger charge is 2.11. The highest BCUT2D eigenvalue weighted by molar-refractivity contribution is 5.46. The summed E-state index contributed by atoms with van der Waals surface area (Å²) in [7, 11) is 0. The Kier molecular flexibility index (Phi) is 4.28. The van der Waals surface area contributed by atoms with E-state index in [9.17, 15) is 0 Å². The van der Waals surface area contributed by atoms with Crippen LogP contribution in [0.25, 0.3) is 0 Å². The molecule has 1 aliphatic rings. The number of benzene rings is 1. The van der Waals surface area contributed by atoms with E-state index in [1.54, 1.807) is 0 Å². The van der Waals surface area contributed by atoms with Gasteiger partial charge in [0, 0.05) is 31.2 Å². The fourth-order valence-electron chi connectivity index (χ4n) is 2.68. The molecule has 0 saturated carbocycles. The van der Waals surface area contributed by atoms with Crippen LogP contribution in [-0.2, 0) is 13.1 Å². The summed E-state index contributed by atoms with van der Waals surface area (Å²) in [6.45, 7) is 4.41. The molecule has 0 amide bonds. The van der Waals surface area contributed by atoms with Crippen LogP contribution in [0, 0.1) is 0 Å². The van der Waals surface area contributed by atoms with Gasteiger partial charge in [-0.1, -0.05) is 12.1 Å². The number of aromatic nitrogens is 1. The van der Waals surface area contributed by atoms with Gasteiger partial charge in [0.2, 0.25) is 0 Å². The Morgan fingerprint density at radius 3 is 2.60 bits per heavy atom. The van der Waals surface area contributed by atoms with Crippen molar-refractivity contribution in [3.8, 4) is 0 Å². The van der Waals surface area contributed by atoms with E-state index < -0.39 is 0 Å². The second-order valence-electron chi connectivity index (χ2n) is 5.39.